The van der Waals surface area contributed by atoms with Gasteiger partial charge in [-0.3, -0.25) is 4.79 Å². The Balaban J connectivity index is 2.19. The van der Waals surface area contributed by atoms with E-state index in [0.717, 1.165) is 12.2 Å². The van der Waals surface area contributed by atoms with E-state index in [9.17, 15) is 4.79 Å². The first-order valence-corrected chi connectivity index (χ1v) is 5.62. The van der Waals surface area contributed by atoms with Crippen LogP contribution in [-0.2, 0) is 4.79 Å². The Bertz CT molecular complexity index is 303. The van der Waals surface area contributed by atoms with Gasteiger partial charge in [-0.05, 0) is 31.6 Å². The van der Waals surface area contributed by atoms with Crippen molar-refractivity contribution in [1.29, 1.82) is 0 Å². The molecule has 0 N–H and O–H groups in total. The highest BCUT2D eigenvalue weighted by Crippen LogP contribution is 2.17. The molecule has 0 aliphatic carbocycles. The van der Waals surface area contributed by atoms with Crippen molar-refractivity contribution in [3.8, 4) is 0 Å². The summed E-state index contributed by atoms with van der Waals surface area (Å²) in [6.45, 7) is 1.57. The Labute approximate surface area is 89.2 Å². The fraction of sp³-hybridized carbons (Fsp3) is 0.250. The molecule has 1 rings (SSSR count). The fourth-order valence-corrected chi connectivity index (χ4v) is 1.85. The van der Waals surface area contributed by atoms with Crippen LogP contribution in [0.25, 0.3) is 0 Å². The lowest BCUT2D eigenvalue weighted by molar-refractivity contribution is -0.112. The molecule has 1 nitrogen and oxygen atoms in total. The van der Waals surface area contributed by atoms with Gasteiger partial charge in [0.25, 0.3) is 0 Å². The molecule has 0 heterocycles. The monoisotopic (exact) mass is 206 g/mol. The zero-order valence-corrected chi connectivity index (χ0v) is 9.09. The molecule has 0 aromatic heterocycles. The lowest BCUT2D eigenvalue weighted by atomic mass is 10.3. The predicted molar refractivity (Wildman–Crippen MR) is 61.6 cm³/mol. The summed E-state index contributed by atoms with van der Waals surface area (Å²) in [4.78, 5) is 11.9. The van der Waals surface area contributed by atoms with Crippen molar-refractivity contribution in [2.24, 2.45) is 0 Å². The van der Waals surface area contributed by atoms with Crippen molar-refractivity contribution < 1.29 is 4.79 Å². The van der Waals surface area contributed by atoms with Gasteiger partial charge in [0, 0.05) is 10.6 Å². The fourth-order valence-electron chi connectivity index (χ4n) is 1.01. The first kappa shape index (κ1) is 11.1. The lowest BCUT2D eigenvalue weighted by Gasteiger charge is -1.97. The average Bonchev–Trinajstić information content (AvgIpc) is 2.18. The molecule has 2 heteroatoms. The van der Waals surface area contributed by atoms with Crippen LogP contribution in [0.4, 0.5) is 0 Å². The van der Waals surface area contributed by atoms with Gasteiger partial charge in [0.1, 0.15) is 0 Å². The zero-order valence-electron chi connectivity index (χ0n) is 8.27. The maximum Gasteiger partial charge on any atom is 0.152 e. The summed E-state index contributed by atoms with van der Waals surface area (Å²) in [6.07, 6.45) is 4.50. The van der Waals surface area contributed by atoms with E-state index in [0.29, 0.717) is 0 Å². The lowest BCUT2D eigenvalue weighted by Crippen LogP contribution is -1.81. The second kappa shape index (κ2) is 6.44. The van der Waals surface area contributed by atoms with Crippen LogP contribution in [0.2, 0.25) is 0 Å². The number of carbonyl (C=O) groups excluding carboxylic acids is 1. The van der Waals surface area contributed by atoms with Gasteiger partial charge in [-0.25, -0.2) is 0 Å². The third-order valence-corrected chi connectivity index (χ3v) is 2.69. The molecule has 0 saturated heterocycles. The van der Waals surface area contributed by atoms with E-state index in [1.807, 2.05) is 36.0 Å². The molecular weight excluding hydrogens is 192 g/mol. The minimum absolute atomic E-state index is 0.120. The second-order valence-electron chi connectivity index (χ2n) is 2.96. The number of hydrogen-bond donors (Lipinski definition) is 0. The van der Waals surface area contributed by atoms with Gasteiger partial charge in [-0.15, -0.1) is 11.8 Å². The highest BCUT2D eigenvalue weighted by Gasteiger charge is 1.90. The topological polar surface area (TPSA) is 17.1 Å². The first-order chi connectivity index (χ1) is 6.79. The summed E-state index contributed by atoms with van der Waals surface area (Å²) in [6, 6.07) is 10.3. The maximum absolute atomic E-state index is 10.6. The summed E-state index contributed by atoms with van der Waals surface area (Å²) in [5, 5.41) is 0. The van der Waals surface area contributed by atoms with E-state index in [1.165, 1.54) is 4.90 Å². The molecule has 14 heavy (non-hydrogen) atoms. The molecule has 0 spiro atoms. The van der Waals surface area contributed by atoms with Crippen LogP contribution in [0.1, 0.15) is 13.3 Å². The molecule has 0 bridgehead atoms. The number of thioether (sulfide) groups is 1. The van der Waals surface area contributed by atoms with Gasteiger partial charge in [0.15, 0.2) is 5.78 Å². The van der Waals surface area contributed by atoms with E-state index < -0.39 is 0 Å². The first-order valence-electron chi connectivity index (χ1n) is 4.64. The Morgan fingerprint density at radius 3 is 2.71 bits per heavy atom. The molecular formula is C12H14OS. The Kier molecular flexibility index (Phi) is 5.08. The van der Waals surface area contributed by atoms with Crippen LogP contribution >= 0.6 is 11.8 Å². The third-order valence-electron chi connectivity index (χ3n) is 1.65. The number of hydrogen-bond acceptors (Lipinski definition) is 2. The van der Waals surface area contributed by atoms with Gasteiger partial charge < -0.3 is 0 Å². The smallest absolute Gasteiger partial charge is 0.152 e. The molecule has 1 aromatic carbocycles. The Morgan fingerprint density at radius 2 is 2.07 bits per heavy atom. The summed E-state index contributed by atoms with van der Waals surface area (Å²) in [5.74, 6) is 1.14. The van der Waals surface area contributed by atoms with Crippen LogP contribution in [-0.4, -0.2) is 11.5 Å². The van der Waals surface area contributed by atoms with Crippen molar-refractivity contribution in [2.75, 3.05) is 5.75 Å². The van der Waals surface area contributed by atoms with Crippen molar-refractivity contribution in [2.45, 2.75) is 18.2 Å². The minimum Gasteiger partial charge on any atom is -0.295 e. The van der Waals surface area contributed by atoms with Gasteiger partial charge in [-0.1, -0.05) is 24.3 Å². The third kappa shape index (κ3) is 4.87. The minimum atomic E-state index is 0.120. The maximum atomic E-state index is 10.6. The molecule has 0 unspecified atom stereocenters. The van der Waals surface area contributed by atoms with E-state index >= 15 is 0 Å². The molecule has 0 atom stereocenters. The highest BCUT2D eigenvalue weighted by atomic mass is 32.2. The van der Waals surface area contributed by atoms with Crippen molar-refractivity contribution in [3.05, 3.63) is 42.5 Å². The zero-order chi connectivity index (χ0) is 10.2. The largest absolute Gasteiger partial charge is 0.295 e. The number of benzene rings is 1. The van der Waals surface area contributed by atoms with Gasteiger partial charge in [0.05, 0.1) is 0 Å². The second-order valence-corrected chi connectivity index (χ2v) is 4.13. The van der Waals surface area contributed by atoms with Crippen LogP contribution in [0, 0.1) is 0 Å². The molecule has 0 amide bonds. The number of ketones is 1. The summed E-state index contributed by atoms with van der Waals surface area (Å²) in [5.41, 5.74) is 0. The highest BCUT2D eigenvalue weighted by molar-refractivity contribution is 7.99. The quantitative estimate of drug-likeness (QED) is 0.417. The molecule has 0 radical (unpaired) electrons. The van der Waals surface area contributed by atoms with Gasteiger partial charge in [-0.2, -0.15) is 0 Å². The van der Waals surface area contributed by atoms with E-state index in [1.54, 1.807) is 13.0 Å². The Hall–Kier alpha value is -1.02. The van der Waals surface area contributed by atoms with Crippen LogP contribution in [0.3, 0.4) is 0 Å². The van der Waals surface area contributed by atoms with E-state index in [4.69, 9.17) is 0 Å². The number of carbonyl (C=O) groups is 1. The average molecular weight is 206 g/mol. The normalized spacial score (nSPS) is 10.6. The Morgan fingerprint density at radius 1 is 1.36 bits per heavy atom. The predicted octanol–water partition coefficient (Wildman–Crippen LogP) is 3.31. The summed E-state index contributed by atoms with van der Waals surface area (Å²) >= 11 is 1.81. The molecule has 0 saturated carbocycles. The van der Waals surface area contributed by atoms with Crippen molar-refractivity contribution >= 4 is 17.5 Å². The van der Waals surface area contributed by atoms with Crippen molar-refractivity contribution in [3.63, 3.8) is 0 Å². The SMILES string of the molecule is CC(=O)/C=C/CCSc1ccccc1. The molecule has 0 fully saturated rings. The molecule has 74 valence electrons. The van der Waals surface area contributed by atoms with Crippen LogP contribution in [0.15, 0.2) is 47.4 Å². The number of rotatable bonds is 5. The molecule has 1 aromatic rings. The van der Waals surface area contributed by atoms with E-state index in [-0.39, 0.29) is 5.78 Å². The van der Waals surface area contributed by atoms with E-state index in [2.05, 4.69) is 12.1 Å². The van der Waals surface area contributed by atoms with Crippen LogP contribution in [0.5, 0.6) is 0 Å². The van der Waals surface area contributed by atoms with Crippen molar-refractivity contribution in [1.82, 2.24) is 0 Å². The number of allylic oxidation sites excluding steroid dienone is 2. The molecule has 0 aliphatic rings. The standard InChI is InChI=1S/C12H14OS/c1-11(13)7-5-6-10-14-12-8-3-2-4-9-12/h2-5,7-9H,6,10H2,1H3/b7-5+. The summed E-state index contributed by atoms with van der Waals surface area (Å²) < 4.78 is 0. The molecule has 0 aliphatic heterocycles. The summed E-state index contributed by atoms with van der Waals surface area (Å²) in [7, 11) is 0. The van der Waals surface area contributed by atoms with Gasteiger partial charge >= 0.3 is 0 Å². The van der Waals surface area contributed by atoms with Gasteiger partial charge in [0.2, 0.25) is 0 Å². The van der Waals surface area contributed by atoms with Crippen LogP contribution < -0.4 is 0 Å².